The van der Waals surface area contributed by atoms with Crippen LogP contribution in [-0.2, 0) is 11.2 Å². The summed E-state index contributed by atoms with van der Waals surface area (Å²) >= 11 is 0. The lowest BCUT2D eigenvalue weighted by molar-refractivity contribution is -0.105. The van der Waals surface area contributed by atoms with Crippen LogP contribution in [0.25, 0.3) is 0 Å². The average molecular weight is 218 g/mol. The molecule has 1 aliphatic rings. The maximum atomic E-state index is 10.4. The van der Waals surface area contributed by atoms with Gasteiger partial charge in [0.25, 0.3) is 0 Å². The topological polar surface area (TPSA) is 32.3 Å². The second-order valence-electron chi connectivity index (χ2n) is 4.15. The van der Waals surface area contributed by atoms with Gasteiger partial charge in [0, 0.05) is 24.5 Å². The molecule has 3 nitrogen and oxygen atoms in total. The predicted octanol–water partition coefficient (Wildman–Crippen LogP) is 2.42. The van der Waals surface area contributed by atoms with Gasteiger partial charge in [0.15, 0.2) is 0 Å². The molecule has 16 heavy (non-hydrogen) atoms. The van der Waals surface area contributed by atoms with E-state index < -0.39 is 0 Å². The number of amides is 1. The number of aryl methyl sites for hydroxylation is 1. The summed E-state index contributed by atoms with van der Waals surface area (Å²) in [4.78, 5) is 12.8. The van der Waals surface area contributed by atoms with Crippen molar-refractivity contribution in [2.75, 3.05) is 23.3 Å². The highest BCUT2D eigenvalue weighted by Gasteiger charge is 2.15. The fourth-order valence-electron chi connectivity index (χ4n) is 2.27. The Morgan fingerprint density at radius 2 is 2.12 bits per heavy atom. The number of hydrogen-bond acceptors (Lipinski definition) is 2. The molecule has 1 amide bonds. The van der Waals surface area contributed by atoms with Crippen LogP contribution in [0.4, 0.5) is 11.4 Å². The Morgan fingerprint density at radius 1 is 1.38 bits per heavy atom. The van der Waals surface area contributed by atoms with Crippen molar-refractivity contribution < 1.29 is 4.79 Å². The van der Waals surface area contributed by atoms with E-state index in [1.165, 1.54) is 24.1 Å². The number of benzene rings is 1. The van der Waals surface area contributed by atoms with Gasteiger partial charge >= 0.3 is 0 Å². The first kappa shape index (κ1) is 11.0. The molecule has 2 rings (SSSR count). The number of nitrogens with one attached hydrogen (secondary N) is 1. The first-order chi connectivity index (χ1) is 7.85. The predicted molar refractivity (Wildman–Crippen MR) is 67.0 cm³/mol. The summed E-state index contributed by atoms with van der Waals surface area (Å²) in [5.74, 6) is 0. The molecule has 3 heteroatoms. The molecular formula is C13H18N2O. The van der Waals surface area contributed by atoms with Crippen LogP contribution in [0.2, 0.25) is 0 Å². The van der Waals surface area contributed by atoms with E-state index in [-0.39, 0.29) is 0 Å². The van der Waals surface area contributed by atoms with Crippen LogP contribution in [-0.4, -0.2) is 19.5 Å². The monoisotopic (exact) mass is 218 g/mol. The molecular weight excluding hydrogens is 200 g/mol. The summed E-state index contributed by atoms with van der Waals surface area (Å²) in [6, 6.07) is 6.16. The number of carbonyl (C=O) groups excluding carboxylic acids is 1. The number of anilines is 2. The van der Waals surface area contributed by atoms with E-state index in [2.05, 4.69) is 29.3 Å². The lowest BCUT2D eigenvalue weighted by Gasteiger charge is -2.21. The van der Waals surface area contributed by atoms with Gasteiger partial charge in [-0.25, -0.2) is 0 Å². The summed E-state index contributed by atoms with van der Waals surface area (Å²) in [7, 11) is 0. The Bertz CT molecular complexity index is 370. The van der Waals surface area contributed by atoms with Crippen LogP contribution < -0.4 is 10.2 Å². The molecule has 1 saturated heterocycles. The van der Waals surface area contributed by atoms with Gasteiger partial charge in [0.2, 0.25) is 6.41 Å². The lowest BCUT2D eigenvalue weighted by Crippen LogP contribution is -2.19. The molecule has 1 aromatic carbocycles. The SMILES string of the molecule is CCc1ccc(NC=O)cc1N1CCCC1. The van der Waals surface area contributed by atoms with Gasteiger partial charge in [-0.3, -0.25) is 4.79 Å². The molecule has 0 aromatic heterocycles. The van der Waals surface area contributed by atoms with Crippen molar-refractivity contribution in [2.24, 2.45) is 0 Å². The first-order valence-corrected chi connectivity index (χ1v) is 5.93. The first-order valence-electron chi connectivity index (χ1n) is 5.93. The second-order valence-corrected chi connectivity index (χ2v) is 4.15. The second kappa shape index (κ2) is 5.01. The zero-order valence-electron chi connectivity index (χ0n) is 9.70. The van der Waals surface area contributed by atoms with Crippen LogP contribution in [0.15, 0.2) is 18.2 Å². The summed E-state index contributed by atoms with van der Waals surface area (Å²) < 4.78 is 0. The van der Waals surface area contributed by atoms with Gasteiger partial charge in [-0.1, -0.05) is 13.0 Å². The van der Waals surface area contributed by atoms with E-state index >= 15 is 0 Å². The number of hydrogen-bond donors (Lipinski definition) is 1. The smallest absolute Gasteiger partial charge is 0.211 e. The van der Waals surface area contributed by atoms with Crippen LogP contribution in [0.5, 0.6) is 0 Å². The van der Waals surface area contributed by atoms with Crippen LogP contribution >= 0.6 is 0 Å². The number of rotatable bonds is 4. The molecule has 0 atom stereocenters. The Labute approximate surface area is 96.5 Å². The van der Waals surface area contributed by atoms with Crippen LogP contribution in [0.1, 0.15) is 25.3 Å². The quantitative estimate of drug-likeness (QED) is 0.787. The highest BCUT2D eigenvalue weighted by Crippen LogP contribution is 2.28. The fraction of sp³-hybridized carbons (Fsp3) is 0.462. The zero-order valence-corrected chi connectivity index (χ0v) is 9.70. The minimum absolute atomic E-state index is 0.731. The third-order valence-electron chi connectivity index (χ3n) is 3.14. The van der Waals surface area contributed by atoms with Crippen molar-refractivity contribution in [1.29, 1.82) is 0 Å². The van der Waals surface area contributed by atoms with Crippen LogP contribution in [0.3, 0.4) is 0 Å². The summed E-state index contributed by atoms with van der Waals surface area (Å²) in [6.45, 7) is 4.44. The van der Waals surface area contributed by atoms with Crippen molar-refractivity contribution in [1.82, 2.24) is 0 Å². The Morgan fingerprint density at radius 3 is 2.75 bits per heavy atom. The van der Waals surface area contributed by atoms with Gasteiger partial charge in [0.1, 0.15) is 0 Å². The molecule has 1 fully saturated rings. The van der Waals surface area contributed by atoms with Gasteiger partial charge < -0.3 is 10.2 Å². The Kier molecular flexibility index (Phi) is 3.44. The van der Waals surface area contributed by atoms with Crippen LogP contribution in [0, 0.1) is 0 Å². The molecule has 1 aliphatic heterocycles. The maximum Gasteiger partial charge on any atom is 0.211 e. The maximum absolute atomic E-state index is 10.4. The highest BCUT2D eigenvalue weighted by atomic mass is 16.1. The molecule has 0 aliphatic carbocycles. The average Bonchev–Trinajstić information content (AvgIpc) is 2.83. The largest absolute Gasteiger partial charge is 0.371 e. The van der Waals surface area contributed by atoms with E-state index in [1.807, 2.05) is 6.07 Å². The standard InChI is InChI=1S/C13H18N2O/c1-2-11-5-6-12(14-10-16)9-13(11)15-7-3-4-8-15/h5-6,9-10H,2-4,7-8H2,1H3,(H,14,16). The third-order valence-corrected chi connectivity index (χ3v) is 3.14. The molecule has 0 unspecified atom stereocenters. The molecule has 0 saturated carbocycles. The number of nitrogens with zero attached hydrogens (tertiary/aromatic N) is 1. The van der Waals surface area contributed by atoms with Gasteiger partial charge in [-0.15, -0.1) is 0 Å². The van der Waals surface area contributed by atoms with Crippen molar-refractivity contribution in [2.45, 2.75) is 26.2 Å². The lowest BCUT2D eigenvalue weighted by atomic mass is 10.1. The number of carbonyl (C=O) groups is 1. The van der Waals surface area contributed by atoms with Crippen molar-refractivity contribution in [3.05, 3.63) is 23.8 Å². The molecule has 0 radical (unpaired) electrons. The van der Waals surface area contributed by atoms with Gasteiger partial charge in [0.05, 0.1) is 0 Å². The van der Waals surface area contributed by atoms with Crippen molar-refractivity contribution in [3.8, 4) is 0 Å². The highest BCUT2D eigenvalue weighted by molar-refractivity contribution is 5.74. The summed E-state index contributed by atoms with van der Waals surface area (Å²) in [5.41, 5.74) is 3.53. The van der Waals surface area contributed by atoms with E-state index in [4.69, 9.17) is 0 Å². The van der Waals surface area contributed by atoms with Gasteiger partial charge in [-0.2, -0.15) is 0 Å². The molecule has 86 valence electrons. The minimum atomic E-state index is 0.731. The molecule has 0 bridgehead atoms. The molecule has 1 heterocycles. The summed E-state index contributed by atoms with van der Waals surface area (Å²) in [6.07, 6.45) is 4.31. The summed E-state index contributed by atoms with van der Waals surface area (Å²) in [5, 5.41) is 2.72. The van der Waals surface area contributed by atoms with E-state index in [0.29, 0.717) is 0 Å². The van der Waals surface area contributed by atoms with Crippen molar-refractivity contribution >= 4 is 17.8 Å². The Hall–Kier alpha value is -1.51. The third kappa shape index (κ3) is 2.18. The minimum Gasteiger partial charge on any atom is -0.371 e. The van der Waals surface area contributed by atoms with E-state index in [9.17, 15) is 4.79 Å². The van der Waals surface area contributed by atoms with Crippen molar-refractivity contribution in [3.63, 3.8) is 0 Å². The van der Waals surface area contributed by atoms with Gasteiger partial charge in [-0.05, 0) is 37.0 Å². The fourth-order valence-corrected chi connectivity index (χ4v) is 2.27. The van der Waals surface area contributed by atoms with E-state index in [1.54, 1.807) is 0 Å². The molecule has 1 N–H and O–H groups in total. The Balaban J connectivity index is 2.30. The normalized spacial score (nSPS) is 15.2. The molecule has 1 aromatic rings. The van der Waals surface area contributed by atoms with E-state index in [0.717, 1.165) is 31.6 Å². The molecule has 0 spiro atoms. The zero-order chi connectivity index (χ0) is 11.4.